The van der Waals surface area contributed by atoms with Gasteiger partial charge in [-0.05, 0) is 19.3 Å². The Bertz CT molecular complexity index is 129. The summed E-state index contributed by atoms with van der Waals surface area (Å²) in [6.07, 6.45) is 4.78. The number of hydrogen-bond acceptors (Lipinski definition) is 1. The minimum absolute atomic E-state index is 0.155. The van der Waals surface area contributed by atoms with E-state index in [4.69, 9.17) is 5.11 Å². The first-order valence-corrected chi connectivity index (χ1v) is 3.53. The average Bonchev–Trinajstić information content (AvgIpc) is 1.79. The summed E-state index contributed by atoms with van der Waals surface area (Å²) in [7, 11) is 0. The Kier molecular flexibility index (Phi) is 2.60. The summed E-state index contributed by atoms with van der Waals surface area (Å²) in [4.78, 5) is 0. The molecule has 0 aliphatic heterocycles. The fourth-order valence-electron chi connectivity index (χ4n) is 0.974. The first-order valence-electron chi connectivity index (χ1n) is 3.53. The van der Waals surface area contributed by atoms with E-state index in [1.165, 1.54) is 0 Å². The van der Waals surface area contributed by atoms with Crippen LogP contribution in [0.4, 0.5) is 0 Å². The van der Waals surface area contributed by atoms with E-state index in [1.807, 2.05) is 0 Å². The van der Waals surface area contributed by atoms with Crippen LogP contribution in [0.2, 0.25) is 0 Å². The van der Waals surface area contributed by atoms with Crippen molar-refractivity contribution in [2.45, 2.75) is 38.2 Å². The Morgan fingerprint density at radius 3 is 3.00 bits per heavy atom. The lowest BCUT2D eigenvalue weighted by atomic mass is 10.1. The topological polar surface area (TPSA) is 20.2 Å². The van der Waals surface area contributed by atoms with Crippen LogP contribution < -0.4 is 0 Å². The van der Waals surface area contributed by atoms with E-state index >= 15 is 0 Å². The van der Waals surface area contributed by atoms with E-state index in [2.05, 4.69) is 11.8 Å². The Morgan fingerprint density at radius 2 is 2.11 bits per heavy atom. The predicted octanol–water partition coefficient (Wildman–Crippen LogP) is 1.31. The van der Waals surface area contributed by atoms with Crippen LogP contribution in [0.25, 0.3) is 0 Å². The van der Waals surface area contributed by atoms with E-state index in [1.54, 1.807) is 0 Å². The molecular weight excluding hydrogens is 112 g/mol. The third-order valence-corrected chi connectivity index (χ3v) is 1.55. The molecule has 0 saturated carbocycles. The highest BCUT2D eigenvalue weighted by molar-refractivity contribution is 5.01. The van der Waals surface area contributed by atoms with Crippen molar-refractivity contribution in [3.05, 3.63) is 0 Å². The second-order valence-electron chi connectivity index (χ2n) is 2.46. The van der Waals surface area contributed by atoms with E-state index in [0.29, 0.717) is 6.42 Å². The van der Waals surface area contributed by atoms with Crippen LogP contribution in [0.5, 0.6) is 0 Å². The van der Waals surface area contributed by atoms with E-state index in [9.17, 15) is 0 Å². The predicted molar refractivity (Wildman–Crippen MR) is 36.9 cm³/mol. The fourth-order valence-corrected chi connectivity index (χ4v) is 0.974. The summed E-state index contributed by atoms with van der Waals surface area (Å²) in [5, 5.41) is 9.11. The van der Waals surface area contributed by atoms with Gasteiger partial charge in [-0.3, -0.25) is 0 Å². The molecule has 9 heavy (non-hydrogen) atoms. The summed E-state index contributed by atoms with van der Waals surface area (Å²) in [6.45, 7) is 0. The maximum absolute atomic E-state index is 9.11. The van der Waals surface area contributed by atoms with Crippen molar-refractivity contribution in [3.63, 3.8) is 0 Å². The van der Waals surface area contributed by atoms with Gasteiger partial charge in [-0.2, -0.15) is 0 Å². The molecule has 0 heterocycles. The maximum Gasteiger partial charge on any atom is 0.0649 e. The van der Waals surface area contributed by atoms with Crippen LogP contribution >= 0.6 is 0 Å². The van der Waals surface area contributed by atoms with Crippen LogP contribution in [0.15, 0.2) is 0 Å². The summed E-state index contributed by atoms with van der Waals surface area (Å²) in [6, 6.07) is 0. The van der Waals surface area contributed by atoms with Gasteiger partial charge in [0.2, 0.25) is 0 Å². The van der Waals surface area contributed by atoms with Gasteiger partial charge < -0.3 is 5.11 Å². The van der Waals surface area contributed by atoms with Gasteiger partial charge in [0.05, 0.1) is 6.10 Å². The molecule has 0 radical (unpaired) electrons. The molecule has 1 rings (SSSR count). The molecule has 1 atom stereocenters. The third kappa shape index (κ3) is 2.53. The molecule has 0 bridgehead atoms. The average molecular weight is 124 g/mol. The number of rotatable bonds is 0. The van der Waals surface area contributed by atoms with Gasteiger partial charge in [-0.1, -0.05) is 0 Å². The summed E-state index contributed by atoms with van der Waals surface area (Å²) in [5.41, 5.74) is 0. The molecule has 1 heteroatoms. The molecule has 0 spiro atoms. The van der Waals surface area contributed by atoms with E-state index < -0.39 is 0 Å². The van der Waals surface area contributed by atoms with Gasteiger partial charge in [0.1, 0.15) is 0 Å². The molecule has 0 aromatic carbocycles. The molecule has 1 aliphatic carbocycles. The summed E-state index contributed by atoms with van der Waals surface area (Å²) in [5.74, 6) is 5.94. The van der Waals surface area contributed by atoms with Crippen molar-refractivity contribution < 1.29 is 5.11 Å². The lowest BCUT2D eigenvalue weighted by Crippen LogP contribution is -2.05. The molecule has 0 aromatic rings. The van der Waals surface area contributed by atoms with Crippen LogP contribution in [0.1, 0.15) is 32.1 Å². The molecule has 1 aliphatic rings. The molecule has 1 unspecified atom stereocenters. The quantitative estimate of drug-likeness (QED) is 0.483. The second kappa shape index (κ2) is 3.53. The van der Waals surface area contributed by atoms with Crippen LogP contribution in [0, 0.1) is 11.8 Å². The molecule has 1 N–H and O–H groups in total. The Labute approximate surface area is 56.1 Å². The summed E-state index contributed by atoms with van der Waals surface area (Å²) >= 11 is 0. The van der Waals surface area contributed by atoms with Gasteiger partial charge >= 0.3 is 0 Å². The van der Waals surface area contributed by atoms with Crippen molar-refractivity contribution in [1.29, 1.82) is 0 Å². The zero-order valence-electron chi connectivity index (χ0n) is 5.56. The van der Waals surface area contributed by atoms with Gasteiger partial charge in [-0.25, -0.2) is 0 Å². The van der Waals surface area contributed by atoms with E-state index in [0.717, 1.165) is 25.7 Å². The van der Waals surface area contributed by atoms with Crippen molar-refractivity contribution in [2.24, 2.45) is 0 Å². The van der Waals surface area contributed by atoms with Crippen molar-refractivity contribution in [2.75, 3.05) is 0 Å². The summed E-state index contributed by atoms with van der Waals surface area (Å²) < 4.78 is 0. The smallest absolute Gasteiger partial charge is 0.0649 e. The lowest BCUT2D eigenvalue weighted by molar-refractivity contribution is 0.165. The zero-order valence-corrected chi connectivity index (χ0v) is 5.56. The van der Waals surface area contributed by atoms with Gasteiger partial charge in [0.25, 0.3) is 0 Å². The van der Waals surface area contributed by atoms with Crippen molar-refractivity contribution >= 4 is 0 Å². The number of aliphatic hydroxyl groups excluding tert-OH is 1. The Hall–Kier alpha value is -0.480. The largest absolute Gasteiger partial charge is 0.392 e. The van der Waals surface area contributed by atoms with Gasteiger partial charge in [0.15, 0.2) is 0 Å². The first kappa shape index (κ1) is 6.64. The third-order valence-electron chi connectivity index (χ3n) is 1.55. The zero-order chi connectivity index (χ0) is 6.53. The van der Waals surface area contributed by atoms with Gasteiger partial charge in [-0.15, -0.1) is 11.8 Å². The lowest BCUT2D eigenvalue weighted by Gasteiger charge is -2.06. The minimum atomic E-state index is -0.155. The molecule has 0 saturated heterocycles. The van der Waals surface area contributed by atoms with Crippen molar-refractivity contribution in [3.8, 4) is 11.8 Å². The first-order chi connectivity index (χ1) is 4.39. The van der Waals surface area contributed by atoms with Crippen LogP contribution in [-0.4, -0.2) is 11.2 Å². The normalized spacial score (nSPS) is 27.4. The maximum atomic E-state index is 9.11. The minimum Gasteiger partial charge on any atom is -0.392 e. The van der Waals surface area contributed by atoms with Crippen LogP contribution in [0.3, 0.4) is 0 Å². The van der Waals surface area contributed by atoms with Crippen molar-refractivity contribution in [1.82, 2.24) is 0 Å². The van der Waals surface area contributed by atoms with Crippen LogP contribution in [-0.2, 0) is 0 Å². The number of aliphatic hydroxyl groups is 1. The standard InChI is InChI=1S/C8H12O/c9-8-6-4-2-1-3-5-7-8/h8-9H,1-2,4,6-7H2. The molecular formula is C8H12O. The molecule has 0 fully saturated rings. The second-order valence-corrected chi connectivity index (χ2v) is 2.46. The van der Waals surface area contributed by atoms with E-state index in [-0.39, 0.29) is 6.10 Å². The van der Waals surface area contributed by atoms with Gasteiger partial charge in [0, 0.05) is 12.8 Å². The molecule has 1 nitrogen and oxygen atoms in total. The molecule has 0 aromatic heterocycles. The number of hydrogen-bond donors (Lipinski definition) is 1. The SMILES string of the molecule is OC1CC#CCCCC1. The highest BCUT2D eigenvalue weighted by atomic mass is 16.3. The highest BCUT2D eigenvalue weighted by Crippen LogP contribution is 2.07. The Balaban J connectivity index is 2.34. The molecule has 50 valence electrons. The fraction of sp³-hybridized carbons (Fsp3) is 0.750. The highest BCUT2D eigenvalue weighted by Gasteiger charge is 2.01. The molecule has 0 amide bonds. The Morgan fingerprint density at radius 1 is 1.22 bits per heavy atom. The monoisotopic (exact) mass is 124 g/mol.